The average Bonchev–Trinajstić information content (AvgIpc) is 3.32. The summed E-state index contributed by atoms with van der Waals surface area (Å²) in [6.45, 7) is 3.71. The number of aryl methyl sites for hydroxylation is 1. The lowest BCUT2D eigenvalue weighted by Crippen LogP contribution is -2.40. The largest absolute Gasteiger partial charge is 0.346 e. The van der Waals surface area contributed by atoms with E-state index >= 15 is 0 Å². The van der Waals surface area contributed by atoms with Gasteiger partial charge in [-0.25, -0.2) is 14.8 Å². The first-order valence-electron chi connectivity index (χ1n) is 9.07. The molecule has 0 radical (unpaired) electrons. The van der Waals surface area contributed by atoms with Crippen molar-refractivity contribution in [1.82, 2.24) is 29.7 Å². The Labute approximate surface area is 145 Å². The van der Waals surface area contributed by atoms with Crippen molar-refractivity contribution in [2.75, 3.05) is 13.1 Å². The number of aromatic amines is 1. The highest BCUT2D eigenvalue weighted by Crippen LogP contribution is 2.36. The Kier molecular flexibility index (Phi) is 3.23. The molecule has 4 heterocycles. The molecule has 3 aromatic rings. The summed E-state index contributed by atoms with van der Waals surface area (Å²) in [4.78, 5) is 26.3. The summed E-state index contributed by atoms with van der Waals surface area (Å²) in [5, 5.41) is 4.06. The number of carbonyl (C=O) groups is 1. The highest BCUT2D eigenvalue weighted by molar-refractivity contribution is 6.01. The second kappa shape index (κ2) is 5.47. The fourth-order valence-electron chi connectivity index (χ4n) is 4.62. The molecular weight excluding hydrogens is 316 g/mol. The predicted molar refractivity (Wildman–Crippen MR) is 95.5 cm³/mol. The Morgan fingerprint density at radius 3 is 2.76 bits per heavy atom. The smallest absolute Gasteiger partial charge is 0.317 e. The summed E-state index contributed by atoms with van der Waals surface area (Å²) in [6.07, 6.45) is 8.06. The van der Waals surface area contributed by atoms with Crippen molar-refractivity contribution >= 4 is 28.1 Å². The highest BCUT2D eigenvalue weighted by atomic mass is 16.2. The van der Waals surface area contributed by atoms with Crippen molar-refractivity contribution in [3.05, 3.63) is 24.3 Å². The van der Waals surface area contributed by atoms with Crippen LogP contribution in [0.5, 0.6) is 0 Å². The molecule has 0 bridgehead atoms. The number of carbonyl (C=O) groups excluding carboxylic acids is 1. The summed E-state index contributed by atoms with van der Waals surface area (Å²) >= 11 is 0. The zero-order valence-corrected chi connectivity index (χ0v) is 14.3. The zero-order chi connectivity index (χ0) is 17.0. The second-order valence-corrected chi connectivity index (χ2v) is 7.15. The van der Waals surface area contributed by atoms with E-state index in [1.807, 2.05) is 17.3 Å². The van der Waals surface area contributed by atoms with Gasteiger partial charge in [-0.2, -0.15) is 0 Å². The molecule has 2 N–H and O–H groups in total. The van der Waals surface area contributed by atoms with Crippen LogP contribution in [-0.4, -0.2) is 49.6 Å². The molecule has 7 heteroatoms. The third-order valence-electron chi connectivity index (χ3n) is 5.77. The van der Waals surface area contributed by atoms with Gasteiger partial charge >= 0.3 is 6.03 Å². The van der Waals surface area contributed by atoms with Gasteiger partial charge in [0.1, 0.15) is 17.0 Å². The van der Waals surface area contributed by atoms with Gasteiger partial charge in [0.15, 0.2) is 0 Å². The van der Waals surface area contributed by atoms with Crippen LogP contribution in [0.1, 0.15) is 37.5 Å². The van der Waals surface area contributed by atoms with E-state index in [-0.39, 0.29) is 6.03 Å². The number of imidazole rings is 1. The van der Waals surface area contributed by atoms with Crippen molar-refractivity contribution in [2.45, 2.75) is 44.7 Å². The highest BCUT2D eigenvalue weighted by Gasteiger charge is 2.32. The van der Waals surface area contributed by atoms with Crippen LogP contribution in [0, 0.1) is 6.92 Å². The van der Waals surface area contributed by atoms with Crippen LogP contribution in [0.3, 0.4) is 0 Å². The number of pyridine rings is 1. The number of hydrogen-bond acceptors (Lipinski definition) is 3. The molecule has 1 saturated carbocycles. The first-order chi connectivity index (χ1) is 12.2. The molecule has 2 aliphatic rings. The van der Waals surface area contributed by atoms with E-state index in [1.165, 1.54) is 5.52 Å². The number of urea groups is 1. The molecule has 2 fully saturated rings. The number of nitrogens with zero attached hydrogens (tertiary/aromatic N) is 4. The van der Waals surface area contributed by atoms with E-state index in [0.717, 1.165) is 61.1 Å². The topological polar surface area (TPSA) is 78.8 Å². The van der Waals surface area contributed by atoms with E-state index in [1.54, 1.807) is 0 Å². The van der Waals surface area contributed by atoms with E-state index in [4.69, 9.17) is 4.98 Å². The Morgan fingerprint density at radius 1 is 1.20 bits per heavy atom. The Morgan fingerprint density at radius 2 is 2.00 bits per heavy atom. The minimum atomic E-state index is 0.104. The maximum absolute atomic E-state index is 11.9. The van der Waals surface area contributed by atoms with Crippen molar-refractivity contribution in [3.63, 3.8) is 0 Å². The first kappa shape index (κ1) is 14.7. The maximum Gasteiger partial charge on any atom is 0.317 e. The molecule has 1 aliphatic heterocycles. The van der Waals surface area contributed by atoms with Gasteiger partial charge in [-0.15, -0.1) is 0 Å². The van der Waals surface area contributed by atoms with Crippen LogP contribution in [-0.2, 0) is 0 Å². The van der Waals surface area contributed by atoms with Crippen LogP contribution in [0.25, 0.3) is 22.1 Å². The van der Waals surface area contributed by atoms with Gasteiger partial charge in [-0.05, 0) is 38.7 Å². The van der Waals surface area contributed by atoms with Crippen LogP contribution in [0.15, 0.2) is 18.5 Å². The zero-order valence-electron chi connectivity index (χ0n) is 14.3. The molecular formula is C18H22N6O. The minimum absolute atomic E-state index is 0.104. The van der Waals surface area contributed by atoms with Gasteiger partial charge < -0.3 is 19.8 Å². The lowest BCUT2D eigenvalue weighted by molar-refractivity contribution is 0.166. The van der Waals surface area contributed by atoms with Crippen LogP contribution in [0.2, 0.25) is 0 Å². The number of aromatic nitrogens is 4. The number of amides is 2. The SMILES string of the molecule is Cc1nc2cnc3[nH]ccc3c2n1C1CCC(N2CCNC2=O)CC1. The summed E-state index contributed by atoms with van der Waals surface area (Å²) < 4.78 is 2.40. The number of nitrogens with one attached hydrogen (secondary N) is 2. The Bertz CT molecular complexity index is 949. The van der Waals surface area contributed by atoms with Crippen molar-refractivity contribution in [1.29, 1.82) is 0 Å². The standard InChI is InChI=1S/C18H22N6O/c1-11-22-15-10-21-17-14(6-7-19-17)16(15)24(11)13-4-2-12(3-5-13)23-9-8-20-18(23)25/h6-7,10,12-13H,2-5,8-9H2,1H3,(H,19,21)(H,20,25). The van der Waals surface area contributed by atoms with Crippen molar-refractivity contribution < 1.29 is 4.79 Å². The molecule has 0 spiro atoms. The molecule has 7 nitrogen and oxygen atoms in total. The second-order valence-electron chi connectivity index (χ2n) is 7.15. The minimum Gasteiger partial charge on any atom is -0.346 e. The Hall–Kier alpha value is -2.57. The van der Waals surface area contributed by atoms with Gasteiger partial charge in [-0.3, -0.25) is 0 Å². The van der Waals surface area contributed by atoms with Crippen molar-refractivity contribution in [2.24, 2.45) is 0 Å². The van der Waals surface area contributed by atoms with Gasteiger partial charge in [0.2, 0.25) is 0 Å². The predicted octanol–water partition coefficient (Wildman–Crippen LogP) is 2.73. The summed E-state index contributed by atoms with van der Waals surface area (Å²) in [6, 6.07) is 3.01. The lowest BCUT2D eigenvalue weighted by atomic mass is 9.90. The van der Waals surface area contributed by atoms with Crippen LogP contribution < -0.4 is 5.32 Å². The van der Waals surface area contributed by atoms with E-state index in [9.17, 15) is 4.79 Å². The first-order valence-corrected chi connectivity index (χ1v) is 9.07. The number of rotatable bonds is 2. The molecule has 2 amide bonds. The number of hydrogen-bond donors (Lipinski definition) is 2. The van der Waals surface area contributed by atoms with Crippen LogP contribution >= 0.6 is 0 Å². The molecule has 130 valence electrons. The summed E-state index contributed by atoms with van der Waals surface area (Å²) in [5.74, 6) is 1.05. The molecule has 1 aliphatic carbocycles. The molecule has 3 aromatic heterocycles. The molecule has 5 rings (SSSR count). The van der Waals surface area contributed by atoms with Gasteiger partial charge in [0.05, 0.1) is 11.7 Å². The third kappa shape index (κ3) is 2.22. The number of H-pyrrole nitrogens is 1. The normalized spacial score (nSPS) is 24.4. The fraction of sp³-hybridized carbons (Fsp3) is 0.500. The monoisotopic (exact) mass is 338 g/mol. The van der Waals surface area contributed by atoms with Gasteiger partial charge in [-0.1, -0.05) is 0 Å². The fourth-order valence-corrected chi connectivity index (χ4v) is 4.62. The van der Waals surface area contributed by atoms with E-state index in [2.05, 4.69) is 32.8 Å². The summed E-state index contributed by atoms with van der Waals surface area (Å²) in [5.41, 5.74) is 3.06. The van der Waals surface area contributed by atoms with Gasteiger partial charge in [0.25, 0.3) is 0 Å². The number of fused-ring (bicyclic) bond motifs is 3. The molecule has 0 atom stereocenters. The van der Waals surface area contributed by atoms with Crippen LogP contribution in [0.4, 0.5) is 4.79 Å². The van der Waals surface area contributed by atoms with E-state index < -0.39 is 0 Å². The van der Waals surface area contributed by atoms with Gasteiger partial charge in [0, 0.05) is 36.8 Å². The summed E-state index contributed by atoms with van der Waals surface area (Å²) in [7, 11) is 0. The third-order valence-corrected chi connectivity index (χ3v) is 5.77. The lowest BCUT2D eigenvalue weighted by Gasteiger charge is -2.35. The molecule has 0 unspecified atom stereocenters. The molecule has 0 aromatic carbocycles. The molecule has 25 heavy (non-hydrogen) atoms. The Balaban J connectivity index is 1.47. The van der Waals surface area contributed by atoms with E-state index in [0.29, 0.717) is 12.1 Å². The molecule has 1 saturated heterocycles. The van der Waals surface area contributed by atoms with Crippen molar-refractivity contribution in [3.8, 4) is 0 Å². The average molecular weight is 338 g/mol. The maximum atomic E-state index is 11.9. The quantitative estimate of drug-likeness (QED) is 0.754.